The van der Waals surface area contributed by atoms with Gasteiger partial charge in [0.2, 0.25) is 5.91 Å². The molecule has 3 rings (SSSR count). The Balaban J connectivity index is 1.84. The molecule has 0 aromatic heterocycles. The van der Waals surface area contributed by atoms with Crippen LogP contribution in [0.3, 0.4) is 0 Å². The predicted octanol–water partition coefficient (Wildman–Crippen LogP) is 1.84. The van der Waals surface area contributed by atoms with E-state index in [-0.39, 0.29) is 12.1 Å². The molecular weight excluding hydrogens is 332 g/mol. The number of carbonyl (C=O) groups is 3. The molecule has 138 valence electrons. The third kappa shape index (κ3) is 3.53. The third-order valence-electron chi connectivity index (χ3n) is 5.16. The quantitative estimate of drug-likeness (QED) is 0.637. The van der Waals surface area contributed by atoms with Crippen molar-refractivity contribution in [3.63, 3.8) is 0 Å². The van der Waals surface area contributed by atoms with Crippen molar-refractivity contribution in [1.82, 2.24) is 5.32 Å². The van der Waals surface area contributed by atoms with E-state index in [4.69, 9.17) is 5.73 Å². The predicted molar refractivity (Wildman–Crippen MR) is 99.2 cm³/mol. The molecule has 1 heterocycles. The first-order chi connectivity index (χ1) is 12.4. The van der Waals surface area contributed by atoms with Crippen LogP contribution < -0.4 is 16.0 Å². The molecule has 0 radical (unpaired) electrons. The van der Waals surface area contributed by atoms with Gasteiger partial charge in [0, 0.05) is 12.3 Å². The fraction of sp³-hybridized carbons (Fsp3) is 0.474. The minimum atomic E-state index is -1.12. The molecule has 1 saturated carbocycles. The number of carbonyl (C=O) groups excluding carboxylic acids is 3. The van der Waals surface area contributed by atoms with Crippen LogP contribution in [0.15, 0.2) is 23.2 Å². The minimum absolute atomic E-state index is 0.0563. The highest BCUT2D eigenvalue weighted by Crippen LogP contribution is 2.24. The highest BCUT2D eigenvalue weighted by atomic mass is 16.2. The largest absolute Gasteiger partial charge is 0.335 e. The van der Waals surface area contributed by atoms with Crippen LogP contribution in [-0.2, 0) is 9.59 Å². The fourth-order valence-corrected chi connectivity index (χ4v) is 3.35. The van der Waals surface area contributed by atoms with Gasteiger partial charge >= 0.3 is 6.03 Å². The van der Waals surface area contributed by atoms with Crippen molar-refractivity contribution in [2.24, 2.45) is 16.6 Å². The summed E-state index contributed by atoms with van der Waals surface area (Å²) in [5.74, 6) is -2.35. The van der Waals surface area contributed by atoms with Crippen molar-refractivity contribution in [2.75, 3.05) is 4.90 Å². The number of aryl methyl sites for hydroxylation is 2. The summed E-state index contributed by atoms with van der Waals surface area (Å²) in [4.78, 5) is 42.6. The van der Waals surface area contributed by atoms with Crippen LogP contribution in [0, 0.1) is 19.8 Å². The van der Waals surface area contributed by atoms with Crippen molar-refractivity contribution in [3.05, 3.63) is 29.3 Å². The van der Waals surface area contributed by atoms with Crippen LogP contribution in [0.25, 0.3) is 0 Å². The van der Waals surface area contributed by atoms with Gasteiger partial charge in [0.05, 0.1) is 11.7 Å². The lowest BCUT2D eigenvalue weighted by Gasteiger charge is -2.30. The molecule has 7 heteroatoms. The summed E-state index contributed by atoms with van der Waals surface area (Å²) >= 11 is 0. The average Bonchev–Trinajstić information content (AvgIpc) is 2.59. The molecule has 1 aromatic rings. The summed E-state index contributed by atoms with van der Waals surface area (Å²) in [6.07, 6.45) is 5.20. The Kier molecular flexibility index (Phi) is 5.18. The van der Waals surface area contributed by atoms with Crippen LogP contribution in [0.1, 0.15) is 36.8 Å². The van der Waals surface area contributed by atoms with Gasteiger partial charge in [-0.1, -0.05) is 18.9 Å². The summed E-state index contributed by atoms with van der Waals surface area (Å²) in [5, 5.41) is 2.25. The normalized spacial score (nSPS) is 27.1. The number of anilines is 1. The van der Waals surface area contributed by atoms with E-state index in [1.807, 2.05) is 19.9 Å². The second-order valence-electron chi connectivity index (χ2n) is 7.03. The van der Waals surface area contributed by atoms with Gasteiger partial charge in [0.1, 0.15) is 0 Å². The van der Waals surface area contributed by atoms with E-state index in [0.29, 0.717) is 5.69 Å². The number of aliphatic imine (C=N–C) groups is 1. The second-order valence-corrected chi connectivity index (χ2v) is 7.03. The molecule has 2 aliphatic rings. The third-order valence-corrected chi connectivity index (χ3v) is 5.16. The van der Waals surface area contributed by atoms with Crippen molar-refractivity contribution >= 4 is 29.7 Å². The van der Waals surface area contributed by atoms with E-state index in [0.717, 1.165) is 41.7 Å². The van der Waals surface area contributed by atoms with Gasteiger partial charge in [-0.3, -0.25) is 19.9 Å². The average molecular weight is 356 g/mol. The zero-order chi connectivity index (χ0) is 18.8. The molecule has 3 N–H and O–H groups in total. The Bertz CT molecular complexity index is 774. The number of hydrogen-bond donors (Lipinski definition) is 2. The Morgan fingerprint density at radius 2 is 1.88 bits per heavy atom. The number of imide groups is 2. The standard InChI is InChI=1S/C19H24N4O3/c1-11-7-8-13(9-12(11)2)23-18(25)14(17(24)22-19(23)26)10-21-16-6-4-3-5-15(16)20/h7-10,14-16H,3-6,20H2,1-2H3,(H,22,24,26)/t14-,15+,16+/m1/s1. The Morgan fingerprint density at radius 1 is 1.15 bits per heavy atom. The first-order valence-electron chi connectivity index (χ1n) is 8.93. The first-order valence-corrected chi connectivity index (χ1v) is 8.93. The van der Waals surface area contributed by atoms with E-state index >= 15 is 0 Å². The van der Waals surface area contributed by atoms with Gasteiger partial charge in [-0.25, -0.2) is 9.69 Å². The van der Waals surface area contributed by atoms with Gasteiger partial charge < -0.3 is 5.73 Å². The molecule has 3 atom stereocenters. The smallest absolute Gasteiger partial charge is 0.326 e. The molecule has 1 aromatic carbocycles. The monoisotopic (exact) mass is 356 g/mol. The molecule has 2 fully saturated rings. The summed E-state index contributed by atoms with van der Waals surface area (Å²) in [7, 11) is 0. The van der Waals surface area contributed by atoms with Gasteiger partial charge in [-0.05, 0) is 49.9 Å². The van der Waals surface area contributed by atoms with Crippen LogP contribution in [-0.4, -0.2) is 36.1 Å². The number of nitrogens with zero attached hydrogens (tertiary/aromatic N) is 2. The molecule has 1 aliphatic heterocycles. The Hall–Kier alpha value is -2.54. The lowest BCUT2D eigenvalue weighted by atomic mass is 9.91. The van der Waals surface area contributed by atoms with Crippen molar-refractivity contribution < 1.29 is 14.4 Å². The zero-order valence-electron chi connectivity index (χ0n) is 15.1. The number of amides is 4. The topological polar surface area (TPSA) is 105 Å². The molecule has 0 bridgehead atoms. The number of nitrogens with two attached hydrogens (primary N) is 1. The summed E-state index contributed by atoms with van der Waals surface area (Å²) in [5.41, 5.74) is 8.52. The minimum Gasteiger partial charge on any atom is -0.326 e. The second kappa shape index (κ2) is 7.37. The van der Waals surface area contributed by atoms with E-state index < -0.39 is 23.8 Å². The van der Waals surface area contributed by atoms with Crippen LogP contribution in [0.2, 0.25) is 0 Å². The highest BCUT2D eigenvalue weighted by molar-refractivity contribution is 6.32. The SMILES string of the molecule is Cc1ccc(N2C(=O)NC(=O)[C@@H](C=N[C@H]3CCCC[C@@H]3N)C2=O)cc1C. The van der Waals surface area contributed by atoms with Crippen molar-refractivity contribution in [2.45, 2.75) is 51.6 Å². The molecule has 0 spiro atoms. The van der Waals surface area contributed by atoms with Crippen molar-refractivity contribution in [1.29, 1.82) is 0 Å². The first kappa shape index (κ1) is 18.3. The maximum Gasteiger partial charge on any atom is 0.335 e. The molecule has 1 saturated heterocycles. The molecule has 4 amide bonds. The van der Waals surface area contributed by atoms with E-state index in [2.05, 4.69) is 10.3 Å². The molecule has 1 aliphatic carbocycles. The number of barbiturate groups is 1. The van der Waals surface area contributed by atoms with E-state index in [1.54, 1.807) is 12.1 Å². The Morgan fingerprint density at radius 3 is 2.58 bits per heavy atom. The van der Waals surface area contributed by atoms with Crippen LogP contribution in [0.4, 0.5) is 10.5 Å². The highest BCUT2D eigenvalue weighted by Gasteiger charge is 2.40. The number of rotatable bonds is 3. The van der Waals surface area contributed by atoms with Crippen LogP contribution >= 0.6 is 0 Å². The molecule has 0 unspecified atom stereocenters. The lowest BCUT2D eigenvalue weighted by molar-refractivity contribution is -0.131. The maximum absolute atomic E-state index is 12.8. The maximum atomic E-state index is 12.8. The van der Waals surface area contributed by atoms with Gasteiger partial charge in [-0.2, -0.15) is 0 Å². The number of nitrogens with one attached hydrogen (secondary N) is 1. The molecule has 7 nitrogen and oxygen atoms in total. The van der Waals surface area contributed by atoms with Gasteiger partial charge in [0.25, 0.3) is 5.91 Å². The van der Waals surface area contributed by atoms with Gasteiger partial charge in [0.15, 0.2) is 5.92 Å². The fourth-order valence-electron chi connectivity index (χ4n) is 3.35. The number of hydrogen-bond acceptors (Lipinski definition) is 5. The Labute approximate surface area is 152 Å². The zero-order valence-corrected chi connectivity index (χ0v) is 15.1. The summed E-state index contributed by atoms with van der Waals surface area (Å²) < 4.78 is 0. The van der Waals surface area contributed by atoms with E-state index in [1.165, 1.54) is 6.21 Å². The molecule has 26 heavy (non-hydrogen) atoms. The van der Waals surface area contributed by atoms with Gasteiger partial charge in [-0.15, -0.1) is 0 Å². The van der Waals surface area contributed by atoms with Crippen molar-refractivity contribution in [3.8, 4) is 0 Å². The molecular formula is C19H24N4O3. The summed E-state index contributed by atoms with van der Waals surface area (Å²) in [6.45, 7) is 3.85. The number of urea groups is 1. The number of benzene rings is 1. The van der Waals surface area contributed by atoms with Crippen LogP contribution in [0.5, 0.6) is 0 Å². The van der Waals surface area contributed by atoms with E-state index in [9.17, 15) is 14.4 Å². The lowest BCUT2D eigenvalue weighted by Crippen LogP contribution is -2.58. The summed E-state index contributed by atoms with van der Waals surface area (Å²) in [6, 6.07) is 4.42.